The molecular formula is C72H134O6. The summed E-state index contributed by atoms with van der Waals surface area (Å²) in [5, 5.41) is 0. The number of allylic oxidation sites excluding steroid dienone is 6. The summed E-state index contributed by atoms with van der Waals surface area (Å²) in [6.45, 7) is 6.67. The van der Waals surface area contributed by atoms with Crippen LogP contribution in [0.5, 0.6) is 0 Å². The highest BCUT2D eigenvalue weighted by Crippen LogP contribution is 2.18. The lowest BCUT2D eigenvalue weighted by Gasteiger charge is -2.18. The van der Waals surface area contributed by atoms with Gasteiger partial charge in [-0.25, -0.2) is 0 Å². The first kappa shape index (κ1) is 75.6. The molecule has 0 saturated heterocycles. The van der Waals surface area contributed by atoms with Crippen LogP contribution >= 0.6 is 0 Å². The van der Waals surface area contributed by atoms with Gasteiger partial charge in [-0.15, -0.1) is 0 Å². The maximum Gasteiger partial charge on any atom is 0.306 e. The van der Waals surface area contributed by atoms with Gasteiger partial charge in [0.05, 0.1) is 0 Å². The molecule has 0 heterocycles. The summed E-state index contributed by atoms with van der Waals surface area (Å²) in [4.78, 5) is 38.4. The number of esters is 3. The molecule has 6 heteroatoms. The molecule has 0 amide bonds. The predicted octanol–water partition coefficient (Wildman–Crippen LogP) is 23.9. The third-order valence-electron chi connectivity index (χ3n) is 15.9. The fraction of sp³-hybridized carbons (Fsp3) is 0.875. The molecule has 0 aliphatic carbocycles. The Kier molecular flexibility index (Phi) is 65.1. The lowest BCUT2D eigenvalue weighted by atomic mass is 10.0. The van der Waals surface area contributed by atoms with Crippen LogP contribution in [-0.4, -0.2) is 37.2 Å². The molecule has 0 rings (SSSR count). The van der Waals surface area contributed by atoms with Crippen molar-refractivity contribution in [3.63, 3.8) is 0 Å². The van der Waals surface area contributed by atoms with E-state index in [0.29, 0.717) is 19.3 Å². The summed E-state index contributed by atoms with van der Waals surface area (Å²) in [6.07, 6.45) is 83.2. The van der Waals surface area contributed by atoms with Gasteiger partial charge in [0, 0.05) is 19.3 Å². The summed E-state index contributed by atoms with van der Waals surface area (Å²) >= 11 is 0. The maximum atomic E-state index is 12.9. The topological polar surface area (TPSA) is 78.9 Å². The van der Waals surface area contributed by atoms with Crippen molar-refractivity contribution in [3.05, 3.63) is 36.5 Å². The predicted molar refractivity (Wildman–Crippen MR) is 339 cm³/mol. The lowest BCUT2D eigenvalue weighted by molar-refractivity contribution is -0.167. The summed E-state index contributed by atoms with van der Waals surface area (Å²) in [7, 11) is 0. The van der Waals surface area contributed by atoms with Crippen molar-refractivity contribution in [1.29, 1.82) is 0 Å². The Bertz CT molecular complexity index is 1300. The highest BCUT2D eigenvalue weighted by molar-refractivity contribution is 5.71. The van der Waals surface area contributed by atoms with Crippen LogP contribution in [0, 0.1) is 0 Å². The fourth-order valence-electron chi connectivity index (χ4n) is 10.6. The zero-order valence-corrected chi connectivity index (χ0v) is 52.7. The van der Waals surface area contributed by atoms with Gasteiger partial charge in [-0.2, -0.15) is 0 Å². The molecule has 0 spiro atoms. The summed E-state index contributed by atoms with van der Waals surface area (Å²) < 4.78 is 17.0. The van der Waals surface area contributed by atoms with Crippen molar-refractivity contribution in [2.45, 2.75) is 393 Å². The second-order valence-corrected chi connectivity index (χ2v) is 23.8. The standard InChI is InChI=1S/C72H134O6/c1-4-7-10-13-16-19-22-25-28-30-32-33-34-35-36-37-38-39-40-41-43-44-47-50-53-56-59-62-65-71(74)77-68-69(67-76-70(73)64-61-58-55-52-49-46-27-24-21-18-15-12-9-6-3)78-72(75)66-63-60-57-54-51-48-45-42-31-29-26-23-20-17-14-11-8-5-2/h20,23-24,27,29,31,69H,4-19,21-22,25-26,28,30,32-68H2,1-3H3/b23-20-,27-24-,31-29-. The van der Waals surface area contributed by atoms with E-state index in [1.165, 1.54) is 270 Å². The molecule has 0 aromatic carbocycles. The van der Waals surface area contributed by atoms with E-state index in [1.54, 1.807) is 0 Å². The number of carbonyl (C=O) groups excluding carboxylic acids is 3. The van der Waals surface area contributed by atoms with Crippen LogP contribution in [0.25, 0.3) is 0 Å². The quantitative estimate of drug-likeness (QED) is 0.0261. The minimum Gasteiger partial charge on any atom is -0.462 e. The molecule has 0 aliphatic heterocycles. The summed E-state index contributed by atoms with van der Waals surface area (Å²) in [6, 6.07) is 0. The van der Waals surface area contributed by atoms with E-state index in [1.807, 2.05) is 0 Å². The molecule has 1 unspecified atom stereocenters. The second kappa shape index (κ2) is 67.1. The van der Waals surface area contributed by atoms with E-state index in [4.69, 9.17) is 14.2 Å². The van der Waals surface area contributed by atoms with E-state index in [0.717, 1.165) is 77.0 Å². The number of hydrogen-bond acceptors (Lipinski definition) is 6. The monoisotopic (exact) mass is 1100 g/mol. The van der Waals surface area contributed by atoms with Crippen LogP contribution in [0.1, 0.15) is 387 Å². The van der Waals surface area contributed by atoms with Crippen LogP contribution in [0.2, 0.25) is 0 Å². The van der Waals surface area contributed by atoms with Crippen LogP contribution in [0.4, 0.5) is 0 Å². The van der Waals surface area contributed by atoms with E-state index in [9.17, 15) is 14.4 Å². The van der Waals surface area contributed by atoms with Gasteiger partial charge in [0.25, 0.3) is 0 Å². The minimum atomic E-state index is -0.779. The van der Waals surface area contributed by atoms with E-state index >= 15 is 0 Å². The Morgan fingerprint density at radius 1 is 0.256 bits per heavy atom. The molecular weight excluding hydrogens is 961 g/mol. The highest BCUT2D eigenvalue weighted by atomic mass is 16.6. The molecule has 458 valence electrons. The molecule has 0 bridgehead atoms. The van der Waals surface area contributed by atoms with Crippen molar-refractivity contribution in [3.8, 4) is 0 Å². The molecule has 0 aromatic heterocycles. The number of ether oxygens (including phenoxy) is 3. The van der Waals surface area contributed by atoms with E-state index in [-0.39, 0.29) is 31.1 Å². The number of hydrogen-bond donors (Lipinski definition) is 0. The molecule has 0 radical (unpaired) electrons. The first-order chi connectivity index (χ1) is 38.5. The molecule has 0 fully saturated rings. The number of rotatable bonds is 65. The van der Waals surface area contributed by atoms with Crippen molar-refractivity contribution >= 4 is 17.9 Å². The third-order valence-corrected chi connectivity index (χ3v) is 15.9. The smallest absolute Gasteiger partial charge is 0.306 e. The molecule has 0 aromatic rings. The Hall–Kier alpha value is -2.37. The van der Waals surface area contributed by atoms with Crippen LogP contribution in [0.3, 0.4) is 0 Å². The second-order valence-electron chi connectivity index (χ2n) is 23.8. The SMILES string of the molecule is CCCCCC/C=C\C/C=C\CCCCCCCCCC(=O)OC(COC(=O)CCCCCCC/C=C\CCCCCCC)COC(=O)CCCCCCCCCCCCCCCCCCCCCCCCCCCCCC. The summed E-state index contributed by atoms with van der Waals surface area (Å²) in [5.74, 6) is -0.864. The Labute approximate surface area is 486 Å². The van der Waals surface area contributed by atoms with Gasteiger partial charge < -0.3 is 14.2 Å². The molecule has 0 N–H and O–H groups in total. The van der Waals surface area contributed by atoms with Gasteiger partial charge in [0.15, 0.2) is 6.10 Å². The van der Waals surface area contributed by atoms with Crippen molar-refractivity contribution in [2.75, 3.05) is 13.2 Å². The van der Waals surface area contributed by atoms with E-state index < -0.39 is 6.10 Å². The molecule has 6 nitrogen and oxygen atoms in total. The zero-order valence-electron chi connectivity index (χ0n) is 52.7. The largest absolute Gasteiger partial charge is 0.462 e. The zero-order chi connectivity index (χ0) is 56.4. The van der Waals surface area contributed by atoms with Gasteiger partial charge in [0.1, 0.15) is 13.2 Å². The van der Waals surface area contributed by atoms with Crippen molar-refractivity contribution in [2.24, 2.45) is 0 Å². The fourth-order valence-corrected chi connectivity index (χ4v) is 10.6. The highest BCUT2D eigenvalue weighted by Gasteiger charge is 2.19. The number of unbranched alkanes of at least 4 members (excludes halogenated alkanes) is 48. The number of carbonyl (C=O) groups is 3. The first-order valence-corrected chi connectivity index (χ1v) is 35.0. The molecule has 0 aliphatic rings. The lowest BCUT2D eigenvalue weighted by Crippen LogP contribution is -2.30. The molecule has 0 saturated carbocycles. The van der Waals surface area contributed by atoms with Crippen molar-refractivity contribution in [1.82, 2.24) is 0 Å². The van der Waals surface area contributed by atoms with Gasteiger partial charge in [-0.3, -0.25) is 14.4 Å². The third kappa shape index (κ3) is 64.5. The van der Waals surface area contributed by atoms with Crippen molar-refractivity contribution < 1.29 is 28.6 Å². The van der Waals surface area contributed by atoms with Gasteiger partial charge in [-0.1, -0.05) is 327 Å². The van der Waals surface area contributed by atoms with Crippen LogP contribution in [-0.2, 0) is 28.6 Å². The maximum absolute atomic E-state index is 12.9. The van der Waals surface area contributed by atoms with Gasteiger partial charge >= 0.3 is 17.9 Å². The first-order valence-electron chi connectivity index (χ1n) is 35.0. The van der Waals surface area contributed by atoms with Gasteiger partial charge in [0.2, 0.25) is 0 Å². The summed E-state index contributed by atoms with van der Waals surface area (Å²) in [5.41, 5.74) is 0. The molecule has 1 atom stereocenters. The van der Waals surface area contributed by atoms with E-state index in [2.05, 4.69) is 57.2 Å². The molecule has 78 heavy (non-hydrogen) atoms. The normalized spacial score (nSPS) is 12.2. The Morgan fingerprint density at radius 3 is 0.731 bits per heavy atom. The average Bonchev–Trinajstić information content (AvgIpc) is 3.44. The Balaban J connectivity index is 4.21. The Morgan fingerprint density at radius 2 is 0.462 bits per heavy atom. The van der Waals surface area contributed by atoms with Crippen LogP contribution in [0.15, 0.2) is 36.5 Å². The average molecular weight is 1100 g/mol. The van der Waals surface area contributed by atoms with Gasteiger partial charge in [-0.05, 0) is 77.0 Å². The minimum absolute atomic E-state index is 0.0737. The van der Waals surface area contributed by atoms with Crippen LogP contribution < -0.4 is 0 Å².